The van der Waals surface area contributed by atoms with Gasteiger partial charge in [-0.05, 0) is 37.8 Å². The van der Waals surface area contributed by atoms with Crippen LogP contribution in [0.3, 0.4) is 0 Å². The summed E-state index contributed by atoms with van der Waals surface area (Å²) in [5.41, 5.74) is 3.60. The van der Waals surface area contributed by atoms with E-state index in [0.29, 0.717) is 34.8 Å². The molecule has 2 N–H and O–H groups in total. The number of nitrogens with one attached hydrogen (secondary N) is 2. The Morgan fingerprint density at radius 3 is 1.37 bits per heavy atom. The third-order valence-corrected chi connectivity index (χ3v) is 5.01. The predicted molar refractivity (Wildman–Crippen MR) is 113 cm³/mol. The lowest BCUT2D eigenvalue weighted by Gasteiger charge is -2.18. The first kappa shape index (κ1) is 20.9. The fourth-order valence-electron chi connectivity index (χ4n) is 3.28. The molecule has 0 atom stereocenters. The summed E-state index contributed by atoms with van der Waals surface area (Å²) < 4.78 is 0. The van der Waals surface area contributed by atoms with Crippen LogP contribution in [0, 0.1) is 0 Å². The van der Waals surface area contributed by atoms with E-state index in [2.05, 4.69) is 10.6 Å². The zero-order valence-electron chi connectivity index (χ0n) is 16.4. The van der Waals surface area contributed by atoms with Crippen LogP contribution in [0.25, 0.3) is 0 Å². The summed E-state index contributed by atoms with van der Waals surface area (Å²) in [6.07, 6.45) is 7.82. The number of carbonyl (C=O) groups excluding carboxylic acids is 4. The van der Waals surface area contributed by atoms with Gasteiger partial charge in [-0.25, -0.2) is 0 Å². The summed E-state index contributed by atoms with van der Waals surface area (Å²) >= 11 is 0. The van der Waals surface area contributed by atoms with Crippen molar-refractivity contribution in [1.82, 2.24) is 10.6 Å². The molecule has 0 aliphatic heterocycles. The summed E-state index contributed by atoms with van der Waals surface area (Å²) in [5, 5.41) is 5.52. The molecule has 152 valence electrons. The van der Waals surface area contributed by atoms with E-state index in [1.54, 1.807) is 60.9 Å². The van der Waals surface area contributed by atoms with Crippen LogP contribution >= 0.6 is 0 Å². The molecule has 6 heteroatoms. The van der Waals surface area contributed by atoms with E-state index in [4.69, 9.17) is 0 Å². The average molecular weight is 402 g/mol. The molecule has 0 bridgehead atoms. The molecular weight excluding hydrogens is 380 g/mol. The van der Waals surface area contributed by atoms with Gasteiger partial charge in [0.15, 0.2) is 12.6 Å². The number of rotatable bonds is 6. The SMILES string of the molecule is O=Cc1ccccc1C(=O)NC=C1CCC(=CNC(=O)c2ccccc2C=O)CC1. The molecule has 2 amide bonds. The van der Waals surface area contributed by atoms with Gasteiger partial charge in [0.2, 0.25) is 0 Å². The van der Waals surface area contributed by atoms with Crippen molar-refractivity contribution in [2.24, 2.45) is 0 Å². The maximum absolute atomic E-state index is 12.3. The Morgan fingerprint density at radius 2 is 1.00 bits per heavy atom. The Kier molecular flexibility index (Phi) is 7.05. The monoisotopic (exact) mass is 402 g/mol. The highest BCUT2D eigenvalue weighted by Crippen LogP contribution is 2.26. The van der Waals surface area contributed by atoms with Gasteiger partial charge in [0.25, 0.3) is 11.8 Å². The number of hydrogen-bond donors (Lipinski definition) is 2. The second kappa shape index (κ2) is 10.1. The summed E-state index contributed by atoms with van der Waals surface area (Å²) in [7, 11) is 0. The molecule has 1 saturated carbocycles. The third-order valence-electron chi connectivity index (χ3n) is 5.01. The molecule has 0 unspecified atom stereocenters. The number of benzene rings is 2. The van der Waals surface area contributed by atoms with E-state index in [1.807, 2.05) is 0 Å². The highest BCUT2D eigenvalue weighted by Gasteiger charge is 2.14. The van der Waals surface area contributed by atoms with E-state index in [9.17, 15) is 19.2 Å². The van der Waals surface area contributed by atoms with Crippen LogP contribution in [-0.2, 0) is 0 Å². The van der Waals surface area contributed by atoms with Crippen molar-refractivity contribution in [2.75, 3.05) is 0 Å². The molecular formula is C24H22N2O4. The zero-order chi connectivity index (χ0) is 21.3. The highest BCUT2D eigenvalue weighted by molar-refractivity contribution is 6.02. The molecule has 1 aliphatic carbocycles. The van der Waals surface area contributed by atoms with Gasteiger partial charge >= 0.3 is 0 Å². The minimum absolute atomic E-state index is 0.312. The van der Waals surface area contributed by atoms with E-state index in [1.165, 1.54) is 0 Å². The third kappa shape index (κ3) is 5.17. The smallest absolute Gasteiger partial charge is 0.255 e. The largest absolute Gasteiger partial charge is 0.329 e. The van der Waals surface area contributed by atoms with Crippen LogP contribution in [0.1, 0.15) is 67.1 Å². The predicted octanol–water partition coefficient (Wildman–Crippen LogP) is 3.81. The Hall–Kier alpha value is -3.80. The topological polar surface area (TPSA) is 92.3 Å². The van der Waals surface area contributed by atoms with Gasteiger partial charge in [-0.15, -0.1) is 0 Å². The molecule has 2 aromatic rings. The van der Waals surface area contributed by atoms with Gasteiger partial charge in [-0.1, -0.05) is 47.5 Å². The number of aldehydes is 2. The molecule has 0 saturated heterocycles. The van der Waals surface area contributed by atoms with Crippen molar-refractivity contribution < 1.29 is 19.2 Å². The van der Waals surface area contributed by atoms with Crippen molar-refractivity contribution in [3.05, 3.63) is 94.3 Å². The van der Waals surface area contributed by atoms with E-state index in [-0.39, 0.29) is 11.8 Å². The number of hydrogen-bond acceptors (Lipinski definition) is 4. The summed E-state index contributed by atoms with van der Waals surface area (Å²) in [4.78, 5) is 46.7. The number of carbonyl (C=O) groups is 4. The zero-order valence-corrected chi connectivity index (χ0v) is 16.4. The second-order valence-electron chi connectivity index (χ2n) is 6.96. The molecule has 0 aromatic heterocycles. The van der Waals surface area contributed by atoms with Gasteiger partial charge in [0.05, 0.1) is 11.1 Å². The maximum atomic E-state index is 12.3. The number of amides is 2. The van der Waals surface area contributed by atoms with Crippen molar-refractivity contribution >= 4 is 24.4 Å². The molecule has 2 aromatic carbocycles. The maximum Gasteiger partial charge on any atom is 0.255 e. The Bertz CT molecular complexity index is 942. The summed E-state index contributed by atoms with van der Waals surface area (Å²) in [6, 6.07) is 13.3. The van der Waals surface area contributed by atoms with E-state index < -0.39 is 0 Å². The van der Waals surface area contributed by atoms with Gasteiger partial charge in [0, 0.05) is 23.5 Å². The van der Waals surface area contributed by atoms with Crippen molar-refractivity contribution in [1.29, 1.82) is 0 Å². The molecule has 1 aliphatic rings. The van der Waals surface area contributed by atoms with Crippen LogP contribution in [0.5, 0.6) is 0 Å². The van der Waals surface area contributed by atoms with Gasteiger partial charge in [-0.2, -0.15) is 0 Å². The molecule has 30 heavy (non-hydrogen) atoms. The van der Waals surface area contributed by atoms with Crippen LogP contribution in [0.2, 0.25) is 0 Å². The van der Waals surface area contributed by atoms with Crippen molar-refractivity contribution in [3.63, 3.8) is 0 Å². The molecule has 6 nitrogen and oxygen atoms in total. The average Bonchev–Trinajstić information content (AvgIpc) is 2.81. The van der Waals surface area contributed by atoms with Crippen LogP contribution in [0.15, 0.2) is 72.1 Å². The Morgan fingerprint density at radius 1 is 0.633 bits per heavy atom. The quantitative estimate of drug-likeness (QED) is 0.719. The van der Waals surface area contributed by atoms with E-state index >= 15 is 0 Å². The second-order valence-corrected chi connectivity index (χ2v) is 6.96. The first-order valence-corrected chi connectivity index (χ1v) is 9.68. The molecule has 0 spiro atoms. The highest BCUT2D eigenvalue weighted by atomic mass is 16.2. The van der Waals surface area contributed by atoms with Crippen LogP contribution < -0.4 is 10.6 Å². The molecule has 0 heterocycles. The lowest BCUT2D eigenvalue weighted by molar-refractivity contribution is 0.0957. The Labute approximate surface area is 174 Å². The summed E-state index contributed by atoms with van der Waals surface area (Å²) in [5.74, 6) is -0.625. The minimum Gasteiger partial charge on any atom is -0.329 e. The van der Waals surface area contributed by atoms with Gasteiger partial charge in [0.1, 0.15) is 0 Å². The lowest BCUT2D eigenvalue weighted by Crippen LogP contribution is -2.21. The fourth-order valence-corrected chi connectivity index (χ4v) is 3.28. The minimum atomic E-state index is -0.312. The van der Waals surface area contributed by atoms with Crippen LogP contribution in [-0.4, -0.2) is 24.4 Å². The van der Waals surface area contributed by atoms with E-state index in [0.717, 1.165) is 36.8 Å². The normalized spacial score (nSPS) is 13.2. The van der Waals surface area contributed by atoms with Crippen molar-refractivity contribution in [2.45, 2.75) is 25.7 Å². The molecule has 3 rings (SSSR count). The Balaban J connectivity index is 1.54. The van der Waals surface area contributed by atoms with Gasteiger partial charge in [-0.3, -0.25) is 19.2 Å². The van der Waals surface area contributed by atoms with Crippen LogP contribution in [0.4, 0.5) is 0 Å². The molecule has 1 fully saturated rings. The van der Waals surface area contributed by atoms with Crippen molar-refractivity contribution in [3.8, 4) is 0 Å². The first-order valence-electron chi connectivity index (χ1n) is 9.68. The lowest BCUT2D eigenvalue weighted by atomic mass is 9.91. The first-order chi connectivity index (χ1) is 14.6. The van der Waals surface area contributed by atoms with Gasteiger partial charge < -0.3 is 10.6 Å². The molecule has 0 radical (unpaired) electrons. The fraction of sp³-hybridized carbons (Fsp3) is 0.167. The number of allylic oxidation sites excluding steroid dienone is 2. The summed E-state index contributed by atoms with van der Waals surface area (Å²) in [6.45, 7) is 0. The standard InChI is InChI=1S/C24H22N2O4/c27-15-19-5-1-3-7-21(19)23(29)25-13-17-9-11-18(12-10-17)14-26-24(30)22-8-4-2-6-20(22)16-28/h1-8,13-16H,9-12H2,(H,25,29)(H,26,30).